The lowest BCUT2D eigenvalue weighted by Gasteiger charge is -2.10. The Morgan fingerprint density at radius 2 is 2.19 bits per heavy atom. The van der Waals surface area contributed by atoms with Gasteiger partial charge in [-0.05, 0) is 37.3 Å². The van der Waals surface area contributed by atoms with E-state index in [4.69, 9.17) is 11.6 Å². The maximum absolute atomic E-state index is 11.7. The molecule has 0 bridgehead atoms. The quantitative estimate of drug-likeness (QED) is 0.821. The number of nitrogens with one attached hydrogen (secondary N) is 1. The standard InChI is InChI=1S/C12H15ClN2O/c13-11-2-1-9(7-11)8-15-12(16)10-3-5-14-6-4-10/h3-6,9,11H,1-2,7-8H2,(H,15,16). The number of carbonyl (C=O) groups is 1. The van der Waals surface area contributed by atoms with Crippen LogP contribution in [-0.2, 0) is 0 Å². The van der Waals surface area contributed by atoms with E-state index in [9.17, 15) is 4.79 Å². The Balaban J connectivity index is 1.80. The van der Waals surface area contributed by atoms with E-state index in [1.54, 1.807) is 24.5 Å². The molecular weight excluding hydrogens is 224 g/mol. The van der Waals surface area contributed by atoms with Crippen molar-refractivity contribution in [1.29, 1.82) is 0 Å². The third-order valence-corrected chi connectivity index (χ3v) is 3.37. The smallest absolute Gasteiger partial charge is 0.251 e. The van der Waals surface area contributed by atoms with Gasteiger partial charge in [-0.3, -0.25) is 9.78 Å². The lowest BCUT2D eigenvalue weighted by atomic mass is 10.1. The summed E-state index contributed by atoms with van der Waals surface area (Å²) in [5.41, 5.74) is 0.662. The highest BCUT2D eigenvalue weighted by atomic mass is 35.5. The number of hydrogen-bond donors (Lipinski definition) is 1. The molecule has 2 atom stereocenters. The maximum atomic E-state index is 11.7. The number of alkyl halides is 1. The number of carbonyl (C=O) groups excluding carboxylic acids is 1. The van der Waals surface area contributed by atoms with Crippen molar-refractivity contribution in [2.45, 2.75) is 24.6 Å². The third kappa shape index (κ3) is 2.95. The Hall–Kier alpha value is -1.09. The molecule has 1 aliphatic carbocycles. The average molecular weight is 239 g/mol. The number of rotatable bonds is 3. The van der Waals surface area contributed by atoms with Crippen molar-refractivity contribution in [3.8, 4) is 0 Å². The summed E-state index contributed by atoms with van der Waals surface area (Å²) in [4.78, 5) is 15.6. The van der Waals surface area contributed by atoms with Crippen molar-refractivity contribution < 1.29 is 4.79 Å². The number of hydrogen-bond acceptors (Lipinski definition) is 2. The van der Waals surface area contributed by atoms with E-state index < -0.39 is 0 Å². The van der Waals surface area contributed by atoms with Crippen LogP contribution in [0.2, 0.25) is 0 Å². The van der Waals surface area contributed by atoms with Gasteiger partial charge in [0.1, 0.15) is 0 Å². The summed E-state index contributed by atoms with van der Waals surface area (Å²) < 4.78 is 0. The lowest BCUT2D eigenvalue weighted by Crippen LogP contribution is -2.28. The predicted molar refractivity (Wildman–Crippen MR) is 63.6 cm³/mol. The highest BCUT2D eigenvalue weighted by Gasteiger charge is 2.23. The first-order chi connectivity index (χ1) is 7.75. The molecule has 1 aliphatic rings. The second-order valence-corrected chi connectivity index (χ2v) is 4.84. The van der Waals surface area contributed by atoms with E-state index in [0.29, 0.717) is 16.9 Å². The van der Waals surface area contributed by atoms with Crippen molar-refractivity contribution in [3.05, 3.63) is 30.1 Å². The van der Waals surface area contributed by atoms with Crippen LogP contribution in [0.4, 0.5) is 0 Å². The molecule has 1 saturated carbocycles. The van der Waals surface area contributed by atoms with Gasteiger partial charge in [0.2, 0.25) is 0 Å². The molecule has 2 rings (SSSR count). The van der Waals surface area contributed by atoms with Crippen molar-refractivity contribution in [3.63, 3.8) is 0 Å². The van der Waals surface area contributed by atoms with Gasteiger partial charge in [0.05, 0.1) is 0 Å². The van der Waals surface area contributed by atoms with Gasteiger partial charge in [-0.1, -0.05) is 0 Å². The van der Waals surface area contributed by atoms with Crippen LogP contribution in [0.3, 0.4) is 0 Å². The molecule has 1 heterocycles. The number of halogens is 1. The molecular formula is C12H15ClN2O. The molecule has 0 radical (unpaired) electrons. The fourth-order valence-electron chi connectivity index (χ4n) is 2.04. The van der Waals surface area contributed by atoms with Gasteiger partial charge < -0.3 is 5.32 Å². The van der Waals surface area contributed by atoms with E-state index in [-0.39, 0.29) is 5.91 Å². The van der Waals surface area contributed by atoms with Crippen molar-refractivity contribution in [2.24, 2.45) is 5.92 Å². The molecule has 3 nitrogen and oxygen atoms in total. The molecule has 1 fully saturated rings. The minimum Gasteiger partial charge on any atom is -0.352 e. The molecule has 2 unspecified atom stereocenters. The van der Waals surface area contributed by atoms with Crippen LogP contribution in [0, 0.1) is 5.92 Å². The number of aromatic nitrogens is 1. The van der Waals surface area contributed by atoms with Crippen LogP contribution in [0.5, 0.6) is 0 Å². The Morgan fingerprint density at radius 1 is 1.44 bits per heavy atom. The van der Waals surface area contributed by atoms with Crippen LogP contribution in [0.25, 0.3) is 0 Å². The van der Waals surface area contributed by atoms with Crippen LogP contribution < -0.4 is 5.32 Å². The SMILES string of the molecule is O=C(NCC1CCC(Cl)C1)c1ccncc1. The van der Waals surface area contributed by atoms with Crippen LogP contribution >= 0.6 is 11.6 Å². The first-order valence-electron chi connectivity index (χ1n) is 5.58. The van der Waals surface area contributed by atoms with Crippen LogP contribution in [0.15, 0.2) is 24.5 Å². The maximum Gasteiger partial charge on any atom is 0.251 e. The normalized spacial score (nSPS) is 24.3. The molecule has 1 N–H and O–H groups in total. The third-order valence-electron chi connectivity index (χ3n) is 2.97. The Bertz CT molecular complexity index is 355. The molecule has 1 amide bonds. The average Bonchev–Trinajstić information content (AvgIpc) is 2.73. The summed E-state index contributed by atoms with van der Waals surface area (Å²) in [6, 6.07) is 3.43. The Kier molecular flexibility index (Phi) is 3.78. The van der Waals surface area contributed by atoms with Gasteiger partial charge >= 0.3 is 0 Å². The first kappa shape index (κ1) is 11.4. The second-order valence-electron chi connectivity index (χ2n) is 4.22. The van der Waals surface area contributed by atoms with Crippen molar-refractivity contribution in [1.82, 2.24) is 10.3 Å². The summed E-state index contributed by atoms with van der Waals surface area (Å²) in [6.07, 6.45) is 6.44. The van der Waals surface area contributed by atoms with E-state index in [1.165, 1.54) is 0 Å². The molecule has 0 spiro atoms. The van der Waals surface area contributed by atoms with Gasteiger partial charge in [-0.2, -0.15) is 0 Å². The van der Waals surface area contributed by atoms with E-state index in [2.05, 4.69) is 10.3 Å². The zero-order valence-corrected chi connectivity index (χ0v) is 9.78. The topological polar surface area (TPSA) is 42.0 Å². The van der Waals surface area contributed by atoms with Crippen molar-refractivity contribution in [2.75, 3.05) is 6.54 Å². The molecule has 1 aromatic heterocycles. The van der Waals surface area contributed by atoms with Gasteiger partial charge in [0.25, 0.3) is 5.91 Å². The zero-order valence-electron chi connectivity index (χ0n) is 9.03. The fraction of sp³-hybridized carbons (Fsp3) is 0.500. The van der Waals surface area contributed by atoms with Crippen molar-refractivity contribution >= 4 is 17.5 Å². The monoisotopic (exact) mass is 238 g/mol. The molecule has 0 aromatic carbocycles. The second kappa shape index (κ2) is 5.30. The van der Waals surface area contributed by atoms with E-state index in [0.717, 1.165) is 25.8 Å². The minimum atomic E-state index is -0.0274. The fourth-order valence-corrected chi connectivity index (χ4v) is 2.42. The Morgan fingerprint density at radius 3 is 2.81 bits per heavy atom. The summed E-state index contributed by atoms with van der Waals surface area (Å²) in [5, 5.41) is 3.23. The predicted octanol–water partition coefficient (Wildman–Crippen LogP) is 2.22. The lowest BCUT2D eigenvalue weighted by molar-refractivity contribution is 0.0947. The highest BCUT2D eigenvalue weighted by molar-refractivity contribution is 6.20. The molecule has 16 heavy (non-hydrogen) atoms. The summed E-state index contributed by atoms with van der Waals surface area (Å²) in [5.74, 6) is 0.508. The van der Waals surface area contributed by atoms with Gasteiger partial charge in [0, 0.05) is 29.9 Å². The number of pyridine rings is 1. The largest absolute Gasteiger partial charge is 0.352 e. The highest BCUT2D eigenvalue weighted by Crippen LogP contribution is 2.28. The van der Waals surface area contributed by atoms with Crippen LogP contribution in [0.1, 0.15) is 29.6 Å². The molecule has 1 aromatic rings. The van der Waals surface area contributed by atoms with E-state index >= 15 is 0 Å². The summed E-state index contributed by atoms with van der Waals surface area (Å²) in [6.45, 7) is 0.727. The molecule has 0 saturated heterocycles. The molecule has 4 heteroatoms. The summed E-state index contributed by atoms with van der Waals surface area (Å²) >= 11 is 6.02. The number of nitrogens with zero attached hydrogens (tertiary/aromatic N) is 1. The van der Waals surface area contributed by atoms with Gasteiger partial charge in [-0.15, -0.1) is 11.6 Å². The Labute approximate surface area is 100 Å². The van der Waals surface area contributed by atoms with Gasteiger partial charge in [0.15, 0.2) is 0 Å². The minimum absolute atomic E-state index is 0.0274. The molecule has 0 aliphatic heterocycles. The van der Waals surface area contributed by atoms with Gasteiger partial charge in [-0.25, -0.2) is 0 Å². The van der Waals surface area contributed by atoms with E-state index in [1.807, 2.05) is 0 Å². The molecule has 86 valence electrons. The number of amides is 1. The van der Waals surface area contributed by atoms with Crippen LogP contribution in [-0.4, -0.2) is 22.8 Å². The zero-order chi connectivity index (χ0) is 11.4. The first-order valence-corrected chi connectivity index (χ1v) is 6.01. The summed E-state index contributed by atoms with van der Waals surface area (Å²) in [7, 11) is 0.